The lowest BCUT2D eigenvalue weighted by Gasteiger charge is -2.40. The topological polar surface area (TPSA) is 0 Å². The van der Waals surface area contributed by atoms with E-state index in [9.17, 15) is 13.2 Å². The maximum atomic E-state index is 12.7. The van der Waals surface area contributed by atoms with Gasteiger partial charge >= 0.3 is 6.18 Å². The van der Waals surface area contributed by atoms with E-state index in [1.807, 2.05) is 0 Å². The number of benzene rings is 2. The number of hydrogen-bond acceptors (Lipinski definition) is 0. The fourth-order valence-corrected chi connectivity index (χ4v) is 5.33. The standard InChI is InChI=1S/C27H29F3/c1-2-3-4-20-9-15-25-22(17-20)11-12-23-18-21(10-16-26(23)25)6-5-19-7-13-24(14-8-19)27(28,29)30/h7-8,10,13-14,16,18,20,22,25H,2-4,9,11-12,15,17H2,1H3. The molecule has 0 nitrogen and oxygen atoms in total. The molecule has 2 aromatic carbocycles. The Morgan fingerprint density at radius 3 is 2.40 bits per heavy atom. The van der Waals surface area contributed by atoms with Crippen LogP contribution in [0.3, 0.4) is 0 Å². The average molecular weight is 411 g/mol. The first-order valence-electron chi connectivity index (χ1n) is 11.3. The quantitative estimate of drug-likeness (QED) is 0.454. The lowest BCUT2D eigenvalue weighted by Crippen LogP contribution is -2.28. The van der Waals surface area contributed by atoms with Crippen molar-refractivity contribution in [3.05, 3.63) is 70.3 Å². The van der Waals surface area contributed by atoms with Crippen LogP contribution in [0.4, 0.5) is 13.2 Å². The number of halogens is 3. The monoisotopic (exact) mass is 410 g/mol. The molecular weight excluding hydrogens is 381 g/mol. The maximum absolute atomic E-state index is 12.7. The lowest BCUT2D eigenvalue weighted by molar-refractivity contribution is -0.137. The average Bonchev–Trinajstić information content (AvgIpc) is 2.75. The van der Waals surface area contributed by atoms with Gasteiger partial charge < -0.3 is 0 Å². The Morgan fingerprint density at radius 2 is 1.67 bits per heavy atom. The van der Waals surface area contributed by atoms with E-state index < -0.39 is 11.7 Å². The third kappa shape index (κ3) is 4.75. The molecule has 0 bridgehead atoms. The van der Waals surface area contributed by atoms with Crippen molar-refractivity contribution in [2.75, 3.05) is 0 Å². The Balaban J connectivity index is 1.46. The van der Waals surface area contributed by atoms with Crippen LogP contribution in [0.5, 0.6) is 0 Å². The van der Waals surface area contributed by atoms with E-state index in [2.05, 4.69) is 37.0 Å². The Bertz CT molecular complexity index is 927. The molecule has 0 saturated heterocycles. The van der Waals surface area contributed by atoms with Gasteiger partial charge in [-0.3, -0.25) is 0 Å². The molecule has 1 fully saturated rings. The minimum atomic E-state index is -4.31. The zero-order valence-electron chi connectivity index (χ0n) is 17.6. The second-order valence-corrected chi connectivity index (χ2v) is 8.97. The van der Waals surface area contributed by atoms with Gasteiger partial charge in [-0.2, -0.15) is 13.2 Å². The van der Waals surface area contributed by atoms with Crippen molar-refractivity contribution >= 4 is 0 Å². The molecule has 3 atom stereocenters. The number of aryl methyl sites for hydroxylation is 1. The van der Waals surface area contributed by atoms with Gasteiger partial charge in [-0.25, -0.2) is 0 Å². The van der Waals surface area contributed by atoms with Gasteiger partial charge in [0.25, 0.3) is 0 Å². The molecule has 4 rings (SSSR count). The van der Waals surface area contributed by atoms with Gasteiger partial charge in [0.05, 0.1) is 5.56 Å². The molecule has 0 aromatic heterocycles. The van der Waals surface area contributed by atoms with Crippen LogP contribution in [-0.4, -0.2) is 0 Å². The molecule has 1 saturated carbocycles. The number of alkyl halides is 3. The smallest absolute Gasteiger partial charge is 0.166 e. The third-order valence-electron chi connectivity index (χ3n) is 6.95. The van der Waals surface area contributed by atoms with Crippen LogP contribution < -0.4 is 0 Å². The molecule has 0 aliphatic heterocycles. The normalized spacial score (nSPS) is 23.1. The van der Waals surface area contributed by atoms with E-state index in [-0.39, 0.29) is 0 Å². The van der Waals surface area contributed by atoms with E-state index in [1.54, 1.807) is 0 Å². The minimum absolute atomic E-state index is 0.603. The van der Waals surface area contributed by atoms with Gasteiger partial charge in [-0.1, -0.05) is 44.1 Å². The predicted molar refractivity (Wildman–Crippen MR) is 115 cm³/mol. The van der Waals surface area contributed by atoms with Gasteiger partial charge in [-0.05, 0) is 97.4 Å². The van der Waals surface area contributed by atoms with Gasteiger partial charge in [0, 0.05) is 11.1 Å². The molecule has 2 aromatic rings. The summed E-state index contributed by atoms with van der Waals surface area (Å²) >= 11 is 0. The van der Waals surface area contributed by atoms with E-state index in [4.69, 9.17) is 0 Å². The van der Waals surface area contributed by atoms with Crippen LogP contribution in [0, 0.1) is 23.7 Å². The summed E-state index contributed by atoms with van der Waals surface area (Å²) < 4.78 is 38.1. The highest BCUT2D eigenvalue weighted by Gasteiger charge is 2.35. The highest BCUT2D eigenvalue weighted by Crippen LogP contribution is 2.48. The first kappa shape index (κ1) is 21.0. The molecule has 0 radical (unpaired) electrons. The second kappa shape index (κ2) is 8.88. The largest absolute Gasteiger partial charge is 0.416 e. The summed E-state index contributed by atoms with van der Waals surface area (Å²) in [5, 5.41) is 0. The Labute approximate surface area is 177 Å². The number of fused-ring (bicyclic) bond motifs is 3. The number of hydrogen-bond donors (Lipinski definition) is 0. The molecule has 0 amide bonds. The summed E-state index contributed by atoms with van der Waals surface area (Å²) in [5.41, 5.74) is 3.85. The molecule has 158 valence electrons. The number of unbranched alkanes of at least 4 members (excludes halogenated alkanes) is 1. The van der Waals surface area contributed by atoms with Gasteiger partial charge in [0.2, 0.25) is 0 Å². The Kier molecular flexibility index (Phi) is 6.23. The summed E-state index contributed by atoms with van der Waals surface area (Å²) in [4.78, 5) is 0. The molecule has 0 spiro atoms. The molecule has 30 heavy (non-hydrogen) atoms. The summed E-state index contributed by atoms with van der Waals surface area (Å²) in [7, 11) is 0. The third-order valence-corrected chi connectivity index (χ3v) is 6.95. The molecule has 3 heteroatoms. The molecule has 0 N–H and O–H groups in total. The van der Waals surface area contributed by atoms with Gasteiger partial charge in [-0.15, -0.1) is 0 Å². The fourth-order valence-electron chi connectivity index (χ4n) is 5.33. The van der Waals surface area contributed by atoms with Crippen molar-refractivity contribution < 1.29 is 13.2 Å². The van der Waals surface area contributed by atoms with Crippen LogP contribution in [0.2, 0.25) is 0 Å². The zero-order chi connectivity index (χ0) is 21.1. The maximum Gasteiger partial charge on any atom is 0.416 e. The zero-order valence-corrected chi connectivity index (χ0v) is 17.6. The van der Waals surface area contributed by atoms with E-state index in [1.165, 1.54) is 68.2 Å². The lowest BCUT2D eigenvalue weighted by atomic mass is 9.64. The second-order valence-electron chi connectivity index (χ2n) is 8.97. The first-order chi connectivity index (χ1) is 14.4. The van der Waals surface area contributed by atoms with Crippen molar-refractivity contribution in [2.45, 2.75) is 70.4 Å². The highest BCUT2D eigenvalue weighted by molar-refractivity contribution is 5.47. The molecule has 3 unspecified atom stereocenters. The van der Waals surface area contributed by atoms with Crippen molar-refractivity contribution in [1.29, 1.82) is 0 Å². The van der Waals surface area contributed by atoms with Gasteiger partial charge in [0.1, 0.15) is 0 Å². The Morgan fingerprint density at radius 1 is 0.933 bits per heavy atom. The van der Waals surface area contributed by atoms with Crippen LogP contribution >= 0.6 is 0 Å². The summed E-state index contributed by atoms with van der Waals surface area (Å²) in [6.45, 7) is 2.28. The fraction of sp³-hybridized carbons (Fsp3) is 0.481. The molecular formula is C27H29F3. The summed E-state index contributed by atoms with van der Waals surface area (Å²) in [6.07, 6.45) is 6.19. The van der Waals surface area contributed by atoms with Crippen molar-refractivity contribution in [2.24, 2.45) is 11.8 Å². The van der Waals surface area contributed by atoms with Crippen LogP contribution in [0.15, 0.2) is 42.5 Å². The minimum Gasteiger partial charge on any atom is -0.166 e. The highest BCUT2D eigenvalue weighted by atomic mass is 19.4. The molecule has 2 aliphatic rings. The van der Waals surface area contributed by atoms with Crippen LogP contribution in [0.1, 0.15) is 85.6 Å². The van der Waals surface area contributed by atoms with E-state index in [0.717, 1.165) is 36.0 Å². The van der Waals surface area contributed by atoms with Gasteiger partial charge in [0.15, 0.2) is 0 Å². The molecule has 0 heterocycles. The summed E-state index contributed by atoms with van der Waals surface area (Å²) in [5.74, 6) is 8.60. The van der Waals surface area contributed by atoms with Crippen molar-refractivity contribution in [1.82, 2.24) is 0 Å². The van der Waals surface area contributed by atoms with Crippen molar-refractivity contribution in [3.63, 3.8) is 0 Å². The number of rotatable bonds is 3. The first-order valence-corrected chi connectivity index (χ1v) is 11.3. The van der Waals surface area contributed by atoms with Crippen molar-refractivity contribution in [3.8, 4) is 11.8 Å². The SMILES string of the molecule is CCCCC1CCC2c3ccc(C#Cc4ccc(C(F)(F)F)cc4)cc3CCC2C1. The Hall–Kier alpha value is -2.21. The predicted octanol–water partition coefficient (Wildman–Crippen LogP) is 7.74. The summed E-state index contributed by atoms with van der Waals surface area (Å²) in [6, 6.07) is 11.6. The van der Waals surface area contributed by atoms with E-state index in [0.29, 0.717) is 11.5 Å². The molecule has 2 aliphatic carbocycles. The van der Waals surface area contributed by atoms with Crippen LogP contribution in [-0.2, 0) is 12.6 Å². The van der Waals surface area contributed by atoms with E-state index >= 15 is 0 Å². The van der Waals surface area contributed by atoms with Crippen LogP contribution in [0.25, 0.3) is 0 Å².